The van der Waals surface area contributed by atoms with Crippen LogP contribution in [0.4, 0.5) is 0 Å². The predicted molar refractivity (Wildman–Crippen MR) is 85.1 cm³/mol. The van der Waals surface area contributed by atoms with Gasteiger partial charge in [0.2, 0.25) is 0 Å². The highest BCUT2D eigenvalue weighted by Crippen LogP contribution is 2.35. The number of hydrogen-bond donors (Lipinski definition) is 1. The number of rotatable bonds is 3. The SMILES string of the molecule is CC1CCCCN1CC1(c2ccccc2)CCNCC1. The molecule has 2 heterocycles. The van der Waals surface area contributed by atoms with Crippen molar-refractivity contribution in [3.05, 3.63) is 35.9 Å². The third kappa shape index (κ3) is 2.91. The Morgan fingerprint density at radius 3 is 2.60 bits per heavy atom. The van der Waals surface area contributed by atoms with E-state index in [0.717, 1.165) is 19.1 Å². The van der Waals surface area contributed by atoms with Gasteiger partial charge >= 0.3 is 0 Å². The van der Waals surface area contributed by atoms with Crippen molar-refractivity contribution in [1.82, 2.24) is 10.2 Å². The van der Waals surface area contributed by atoms with E-state index in [1.807, 2.05) is 0 Å². The van der Waals surface area contributed by atoms with Crippen LogP contribution in [0.25, 0.3) is 0 Å². The second-order valence-electron chi connectivity index (χ2n) is 6.71. The fourth-order valence-corrected chi connectivity index (χ4v) is 4.02. The summed E-state index contributed by atoms with van der Waals surface area (Å²) in [6.07, 6.45) is 6.73. The van der Waals surface area contributed by atoms with Crippen molar-refractivity contribution in [3.8, 4) is 0 Å². The fraction of sp³-hybridized carbons (Fsp3) is 0.667. The monoisotopic (exact) mass is 272 g/mol. The van der Waals surface area contributed by atoms with E-state index in [4.69, 9.17) is 0 Å². The standard InChI is InChI=1S/C18H28N2/c1-16-7-5-6-14-20(16)15-18(10-12-19-13-11-18)17-8-3-2-4-9-17/h2-4,8-9,16,19H,5-7,10-15H2,1H3. The number of benzene rings is 1. The van der Waals surface area contributed by atoms with Crippen LogP contribution in [0.15, 0.2) is 30.3 Å². The van der Waals surface area contributed by atoms with Crippen LogP contribution in [0.5, 0.6) is 0 Å². The van der Waals surface area contributed by atoms with Gasteiger partial charge in [-0.05, 0) is 57.8 Å². The molecule has 0 aliphatic carbocycles. The van der Waals surface area contributed by atoms with Gasteiger partial charge in [-0.25, -0.2) is 0 Å². The molecule has 2 nitrogen and oxygen atoms in total. The Balaban J connectivity index is 1.82. The molecule has 1 atom stereocenters. The molecule has 1 aromatic rings. The van der Waals surface area contributed by atoms with Crippen LogP contribution in [0.3, 0.4) is 0 Å². The topological polar surface area (TPSA) is 15.3 Å². The van der Waals surface area contributed by atoms with E-state index in [1.165, 1.54) is 45.2 Å². The molecule has 2 aliphatic heterocycles. The quantitative estimate of drug-likeness (QED) is 0.909. The highest BCUT2D eigenvalue weighted by atomic mass is 15.2. The van der Waals surface area contributed by atoms with E-state index in [9.17, 15) is 0 Å². The summed E-state index contributed by atoms with van der Waals surface area (Å²) < 4.78 is 0. The molecule has 110 valence electrons. The molecule has 1 unspecified atom stereocenters. The fourth-order valence-electron chi connectivity index (χ4n) is 4.02. The van der Waals surface area contributed by atoms with Crippen molar-refractivity contribution >= 4 is 0 Å². The van der Waals surface area contributed by atoms with E-state index < -0.39 is 0 Å². The third-order valence-corrected chi connectivity index (χ3v) is 5.39. The molecule has 2 fully saturated rings. The summed E-state index contributed by atoms with van der Waals surface area (Å²) in [6, 6.07) is 12.0. The number of piperidine rings is 2. The molecule has 0 aromatic heterocycles. The maximum absolute atomic E-state index is 3.54. The molecule has 2 heteroatoms. The van der Waals surface area contributed by atoms with E-state index in [2.05, 4.69) is 47.5 Å². The van der Waals surface area contributed by atoms with Gasteiger partial charge in [-0.2, -0.15) is 0 Å². The lowest BCUT2D eigenvalue weighted by Gasteiger charge is -2.45. The Morgan fingerprint density at radius 1 is 1.15 bits per heavy atom. The average Bonchev–Trinajstić information content (AvgIpc) is 2.52. The Bertz CT molecular complexity index is 409. The smallest absolute Gasteiger partial charge is 0.0104 e. The van der Waals surface area contributed by atoms with Gasteiger partial charge in [0.25, 0.3) is 0 Å². The molecule has 0 bridgehead atoms. The molecule has 2 aliphatic rings. The third-order valence-electron chi connectivity index (χ3n) is 5.39. The van der Waals surface area contributed by atoms with Crippen LogP contribution >= 0.6 is 0 Å². The number of likely N-dealkylation sites (tertiary alicyclic amines) is 1. The largest absolute Gasteiger partial charge is 0.317 e. The predicted octanol–water partition coefficient (Wildman–Crippen LogP) is 3.18. The first-order valence-corrected chi connectivity index (χ1v) is 8.30. The first-order chi connectivity index (χ1) is 9.80. The summed E-state index contributed by atoms with van der Waals surface area (Å²) in [5.74, 6) is 0. The van der Waals surface area contributed by atoms with Crippen LogP contribution in [0.2, 0.25) is 0 Å². The zero-order valence-electron chi connectivity index (χ0n) is 12.8. The average molecular weight is 272 g/mol. The minimum absolute atomic E-state index is 0.373. The molecule has 2 saturated heterocycles. The Morgan fingerprint density at radius 2 is 1.90 bits per heavy atom. The van der Waals surface area contributed by atoms with Crippen LogP contribution in [-0.2, 0) is 5.41 Å². The van der Waals surface area contributed by atoms with Crippen molar-refractivity contribution in [2.24, 2.45) is 0 Å². The molecule has 1 N–H and O–H groups in total. The summed E-state index contributed by atoms with van der Waals surface area (Å²) in [4.78, 5) is 2.75. The minimum Gasteiger partial charge on any atom is -0.317 e. The van der Waals surface area contributed by atoms with Gasteiger partial charge < -0.3 is 5.32 Å². The van der Waals surface area contributed by atoms with E-state index in [0.29, 0.717) is 5.41 Å². The van der Waals surface area contributed by atoms with Crippen molar-refractivity contribution in [1.29, 1.82) is 0 Å². The first kappa shape index (κ1) is 14.1. The number of nitrogens with one attached hydrogen (secondary N) is 1. The summed E-state index contributed by atoms with van der Waals surface area (Å²) in [5.41, 5.74) is 1.93. The van der Waals surface area contributed by atoms with Crippen LogP contribution in [-0.4, -0.2) is 37.1 Å². The van der Waals surface area contributed by atoms with E-state index in [1.54, 1.807) is 5.56 Å². The lowest BCUT2D eigenvalue weighted by molar-refractivity contribution is 0.107. The maximum atomic E-state index is 3.54. The van der Waals surface area contributed by atoms with Gasteiger partial charge in [0.1, 0.15) is 0 Å². The second-order valence-corrected chi connectivity index (χ2v) is 6.71. The molecule has 3 rings (SSSR count). The van der Waals surface area contributed by atoms with E-state index >= 15 is 0 Å². The minimum atomic E-state index is 0.373. The molecule has 0 radical (unpaired) electrons. The zero-order chi connectivity index (χ0) is 13.8. The molecule has 1 aromatic carbocycles. The Labute approximate surface area is 123 Å². The number of hydrogen-bond acceptors (Lipinski definition) is 2. The van der Waals surface area contributed by atoms with Crippen LogP contribution < -0.4 is 5.32 Å². The molecule has 20 heavy (non-hydrogen) atoms. The highest BCUT2D eigenvalue weighted by molar-refractivity contribution is 5.27. The number of nitrogens with zero attached hydrogens (tertiary/aromatic N) is 1. The lowest BCUT2D eigenvalue weighted by Crippen LogP contribution is -2.51. The molecule has 0 spiro atoms. The van der Waals surface area contributed by atoms with Gasteiger partial charge in [-0.1, -0.05) is 36.8 Å². The van der Waals surface area contributed by atoms with Crippen molar-refractivity contribution in [3.63, 3.8) is 0 Å². The zero-order valence-corrected chi connectivity index (χ0v) is 12.8. The van der Waals surface area contributed by atoms with Gasteiger partial charge in [-0.15, -0.1) is 0 Å². The summed E-state index contributed by atoms with van der Waals surface area (Å²) in [6.45, 7) is 7.29. The molecular weight excluding hydrogens is 244 g/mol. The summed E-state index contributed by atoms with van der Waals surface area (Å²) >= 11 is 0. The van der Waals surface area contributed by atoms with Crippen molar-refractivity contribution in [2.75, 3.05) is 26.2 Å². The first-order valence-electron chi connectivity index (χ1n) is 8.30. The normalized spacial score (nSPS) is 27.4. The van der Waals surface area contributed by atoms with E-state index in [-0.39, 0.29) is 0 Å². The maximum Gasteiger partial charge on any atom is 0.0104 e. The molecular formula is C18H28N2. The second kappa shape index (κ2) is 6.28. The molecule has 0 saturated carbocycles. The Kier molecular flexibility index (Phi) is 4.42. The highest BCUT2D eigenvalue weighted by Gasteiger charge is 2.36. The van der Waals surface area contributed by atoms with Crippen molar-refractivity contribution < 1.29 is 0 Å². The Hall–Kier alpha value is -0.860. The van der Waals surface area contributed by atoms with Gasteiger partial charge in [0.15, 0.2) is 0 Å². The lowest BCUT2D eigenvalue weighted by atomic mass is 9.72. The van der Waals surface area contributed by atoms with Gasteiger partial charge in [-0.3, -0.25) is 4.90 Å². The van der Waals surface area contributed by atoms with Crippen molar-refractivity contribution in [2.45, 2.75) is 50.5 Å². The van der Waals surface area contributed by atoms with Gasteiger partial charge in [0.05, 0.1) is 0 Å². The van der Waals surface area contributed by atoms with Crippen LogP contribution in [0, 0.1) is 0 Å². The van der Waals surface area contributed by atoms with Crippen LogP contribution in [0.1, 0.15) is 44.6 Å². The summed E-state index contributed by atoms with van der Waals surface area (Å²) in [7, 11) is 0. The molecule has 0 amide bonds. The summed E-state index contributed by atoms with van der Waals surface area (Å²) in [5, 5.41) is 3.54. The van der Waals surface area contributed by atoms with Gasteiger partial charge in [0, 0.05) is 18.0 Å².